The molecule has 134 valence electrons. The van der Waals surface area contributed by atoms with Crippen LogP contribution in [0.1, 0.15) is 30.2 Å². The Balaban J connectivity index is 1.60. The molecule has 3 heterocycles. The number of aliphatic hydroxyl groups is 1. The van der Waals surface area contributed by atoms with Crippen molar-refractivity contribution in [1.29, 1.82) is 0 Å². The smallest absolute Gasteiger partial charge is 0.244 e. The number of aliphatic hydroxyl groups excluding tert-OH is 1. The maximum Gasteiger partial charge on any atom is 0.244 e. The van der Waals surface area contributed by atoms with Gasteiger partial charge in [-0.3, -0.25) is 19.8 Å². The highest BCUT2D eigenvalue weighted by molar-refractivity contribution is 6.00. The van der Waals surface area contributed by atoms with E-state index in [-0.39, 0.29) is 18.1 Å². The number of imide groups is 1. The van der Waals surface area contributed by atoms with Crippen molar-refractivity contribution < 1.29 is 19.1 Å². The number of piperidine rings is 1. The summed E-state index contributed by atoms with van der Waals surface area (Å²) in [5, 5.41) is 16.2. The highest BCUT2D eigenvalue weighted by atomic mass is 19.1. The van der Waals surface area contributed by atoms with Crippen LogP contribution in [0.15, 0.2) is 12.1 Å². The monoisotopic (exact) mass is 348 g/mol. The van der Waals surface area contributed by atoms with E-state index < -0.39 is 18.2 Å². The van der Waals surface area contributed by atoms with Gasteiger partial charge in [-0.05, 0) is 24.1 Å². The van der Waals surface area contributed by atoms with E-state index in [2.05, 4.69) is 10.6 Å². The highest BCUT2D eigenvalue weighted by Crippen LogP contribution is 2.38. The van der Waals surface area contributed by atoms with Gasteiger partial charge in [0.1, 0.15) is 12.0 Å². The molecule has 0 spiro atoms. The largest absolute Gasteiger partial charge is 0.374 e. The molecular formula is C17H21FN4O3. The number of fused-ring (bicyclic) bond motifs is 1. The third-order valence-electron chi connectivity index (χ3n) is 5.22. The van der Waals surface area contributed by atoms with Crippen LogP contribution in [0, 0.1) is 5.82 Å². The van der Waals surface area contributed by atoms with E-state index in [9.17, 15) is 19.1 Å². The summed E-state index contributed by atoms with van der Waals surface area (Å²) >= 11 is 0. The molecule has 0 aliphatic carbocycles. The lowest BCUT2D eigenvalue weighted by Crippen LogP contribution is -2.51. The van der Waals surface area contributed by atoms with Crippen LogP contribution in [0.25, 0.3) is 0 Å². The van der Waals surface area contributed by atoms with Crippen LogP contribution in [0.3, 0.4) is 0 Å². The number of carbonyl (C=O) groups is 2. The Morgan fingerprint density at radius 2 is 1.96 bits per heavy atom. The minimum absolute atomic E-state index is 0.246. The van der Waals surface area contributed by atoms with Gasteiger partial charge in [0.15, 0.2) is 0 Å². The molecular weight excluding hydrogens is 327 g/mol. The molecule has 3 aliphatic heterocycles. The van der Waals surface area contributed by atoms with Crippen molar-refractivity contribution in [2.45, 2.75) is 31.7 Å². The van der Waals surface area contributed by atoms with E-state index in [1.807, 2.05) is 4.90 Å². The first-order chi connectivity index (χ1) is 12.0. The normalized spacial score (nSPS) is 27.4. The summed E-state index contributed by atoms with van der Waals surface area (Å²) in [6, 6.07) is 2.58. The molecule has 8 heteroatoms. The average Bonchev–Trinajstić information content (AvgIpc) is 2.91. The summed E-state index contributed by atoms with van der Waals surface area (Å²) in [5.74, 6) is -0.997. The molecule has 0 saturated carbocycles. The number of nitrogens with one attached hydrogen (secondary N) is 2. The van der Waals surface area contributed by atoms with Crippen molar-refractivity contribution in [2.75, 3.05) is 31.1 Å². The molecule has 1 aromatic carbocycles. The highest BCUT2D eigenvalue weighted by Gasteiger charge is 2.40. The van der Waals surface area contributed by atoms with Crippen molar-refractivity contribution in [3.63, 3.8) is 0 Å². The van der Waals surface area contributed by atoms with E-state index in [1.165, 1.54) is 6.07 Å². The summed E-state index contributed by atoms with van der Waals surface area (Å²) in [7, 11) is 0. The van der Waals surface area contributed by atoms with Gasteiger partial charge in [0.2, 0.25) is 11.8 Å². The van der Waals surface area contributed by atoms with Gasteiger partial charge >= 0.3 is 0 Å². The van der Waals surface area contributed by atoms with Crippen LogP contribution in [0.4, 0.5) is 10.1 Å². The standard InChI is InChI=1S/C17H21FN4O3/c18-12-7-10-9-22(13-1-2-15(23)20-16(13)24)17(25)11(10)8-14(12)21-5-3-19-4-6-21/h7-8,13,17,19,25H,1-6,9H2,(H,20,23,24). The van der Waals surface area contributed by atoms with Gasteiger partial charge in [0.05, 0.1) is 11.7 Å². The van der Waals surface area contributed by atoms with Crippen molar-refractivity contribution in [2.24, 2.45) is 0 Å². The van der Waals surface area contributed by atoms with Gasteiger partial charge in [-0.1, -0.05) is 0 Å². The lowest BCUT2D eigenvalue weighted by molar-refractivity contribution is -0.141. The van der Waals surface area contributed by atoms with Crippen LogP contribution in [0.2, 0.25) is 0 Å². The Bertz CT molecular complexity index is 720. The number of carbonyl (C=O) groups excluding carboxylic acids is 2. The molecule has 0 aromatic heterocycles. The minimum Gasteiger partial charge on any atom is -0.374 e. The fourth-order valence-corrected chi connectivity index (χ4v) is 3.89. The number of hydrogen-bond acceptors (Lipinski definition) is 6. The maximum atomic E-state index is 14.6. The molecule has 2 fully saturated rings. The Kier molecular flexibility index (Phi) is 4.18. The second-order valence-corrected chi connectivity index (χ2v) is 6.75. The lowest BCUT2D eigenvalue weighted by atomic mass is 10.0. The Morgan fingerprint density at radius 3 is 2.68 bits per heavy atom. The number of hydrogen-bond donors (Lipinski definition) is 3. The molecule has 1 aromatic rings. The van der Waals surface area contributed by atoms with Crippen LogP contribution < -0.4 is 15.5 Å². The molecule has 4 rings (SSSR count). The summed E-state index contributed by atoms with van der Waals surface area (Å²) in [6.45, 7) is 3.30. The summed E-state index contributed by atoms with van der Waals surface area (Å²) in [5.41, 5.74) is 1.82. The quantitative estimate of drug-likeness (QED) is 0.645. The van der Waals surface area contributed by atoms with Gasteiger partial charge in [0, 0.05) is 44.7 Å². The zero-order valence-corrected chi connectivity index (χ0v) is 13.8. The van der Waals surface area contributed by atoms with E-state index in [0.717, 1.165) is 13.1 Å². The number of piperazine rings is 1. The number of anilines is 1. The molecule has 2 saturated heterocycles. The van der Waals surface area contributed by atoms with Crippen LogP contribution in [0.5, 0.6) is 0 Å². The molecule has 25 heavy (non-hydrogen) atoms. The molecule has 2 atom stereocenters. The van der Waals surface area contributed by atoms with Gasteiger partial charge in [-0.2, -0.15) is 0 Å². The topological polar surface area (TPSA) is 84.9 Å². The second kappa shape index (κ2) is 6.36. The molecule has 2 amide bonds. The van der Waals surface area contributed by atoms with E-state index in [4.69, 9.17) is 0 Å². The van der Waals surface area contributed by atoms with Crippen LogP contribution in [-0.2, 0) is 16.1 Å². The second-order valence-electron chi connectivity index (χ2n) is 6.75. The van der Waals surface area contributed by atoms with Crippen LogP contribution >= 0.6 is 0 Å². The van der Waals surface area contributed by atoms with Gasteiger partial charge in [-0.25, -0.2) is 4.39 Å². The lowest BCUT2D eigenvalue weighted by Gasteiger charge is -2.32. The predicted molar refractivity (Wildman–Crippen MR) is 88.2 cm³/mol. The van der Waals surface area contributed by atoms with Gasteiger partial charge < -0.3 is 15.3 Å². The maximum absolute atomic E-state index is 14.6. The Labute approximate surface area is 144 Å². The first-order valence-corrected chi connectivity index (χ1v) is 8.60. The fourth-order valence-electron chi connectivity index (χ4n) is 3.89. The van der Waals surface area contributed by atoms with E-state index in [1.54, 1.807) is 11.0 Å². The Morgan fingerprint density at radius 1 is 1.20 bits per heavy atom. The third kappa shape index (κ3) is 2.90. The molecule has 0 radical (unpaired) electrons. The molecule has 3 aliphatic rings. The minimum atomic E-state index is -0.971. The average molecular weight is 348 g/mol. The summed E-state index contributed by atoms with van der Waals surface area (Å²) in [6.07, 6.45) is -0.361. The predicted octanol–water partition coefficient (Wildman–Crippen LogP) is -0.153. The third-order valence-corrected chi connectivity index (χ3v) is 5.22. The molecule has 2 unspecified atom stereocenters. The van der Waals surface area contributed by atoms with E-state index >= 15 is 0 Å². The van der Waals surface area contributed by atoms with Gasteiger partial charge in [0.25, 0.3) is 0 Å². The van der Waals surface area contributed by atoms with Gasteiger partial charge in [-0.15, -0.1) is 0 Å². The zero-order chi connectivity index (χ0) is 17.6. The number of benzene rings is 1. The molecule has 7 nitrogen and oxygen atoms in total. The SMILES string of the molecule is O=C1CCC(N2Cc3cc(F)c(N4CCNCC4)cc3C2O)C(=O)N1. The summed E-state index contributed by atoms with van der Waals surface area (Å²) < 4.78 is 14.6. The fraction of sp³-hybridized carbons (Fsp3) is 0.529. The number of halogens is 1. The van der Waals surface area contributed by atoms with Crippen LogP contribution in [-0.4, -0.2) is 54.0 Å². The number of nitrogens with zero attached hydrogens (tertiary/aromatic N) is 2. The Hall–Kier alpha value is -2.03. The van der Waals surface area contributed by atoms with Crippen molar-refractivity contribution in [3.8, 4) is 0 Å². The number of rotatable bonds is 2. The van der Waals surface area contributed by atoms with Crippen molar-refractivity contribution in [3.05, 3.63) is 29.1 Å². The van der Waals surface area contributed by atoms with Crippen molar-refractivity contribution in [1.82, 2.24) is 15.5 Å². The van der Waals surface area contributed by atoms with Crippen molar-refractivity contribution >= 4 is 17.5 Å². The zero-order valence-electron chi connectivity index (χ0n) is 13.8. The molecule has 3 N–H and O–H groups in total. The molecule has 0 bridgehead atoms. The first-order valence-electron chi connectivity index (χ1n) is 8.60. The first kappa shape index (κ1) is 16.4. The number of amides is 2. The van der Waals surface area contributed by atoms with E-state index in [0.29, 0.717) is 42.9 Å². The summed E-state index contributed by atoms with van der Waals surface area (Å²) in [4.78, 5) is 27.0.